The first-order valence-corrected chi connectivity index (χ1v) is 11.4. The number of nitrogen functional groups attached to an aromatic ring is 1. The predicted octanol–water partition coefficient (Wildman–Crippen LogP) is 3.52. The van der Waals surface area contributed by atoms with Gasteiger partial charge in [0.2, 0.25) is 5.58 Å². The topological polar surface area (TPSA) is 150 Å². The standard InChI is InChI=1S/C23H20Cl2N8O2/c24-16-7-12(13-2-4-18(27)33(9-13)11-26)1-3-15(16)23(34)30-14-5-6-32(10-14)22-20-19(17(25)8-29-22)21(28)31-35-20/h1-4,7-9,11,14,26-27H,5-6,10H2,(H2,28,31)(H,30,34). The fourth-order valence-electron chi connectivity index (χ4n) is 4.16. The fourth-order valence-corrected chi connectivity index (χ4v) is 4.66. The van der Waals surface area contributed by atoms with Crippen LogP contribution in [0.2, 0.25) is 10.0 Å². The molecule has 0 bridgehead atoms. The molecule has 0 radical (unpaired) electrons. The summed E-state index contributed by atoms with van der Waals surface area (Å²) >= 11 is 12.6. The van der Waals surface area contributed by atoms with E-state index in [9.17, 15) is 4.79 Å². The molecule has 5 rings (SSSR count). The average molecular weight is 511 g/mol. The van der Waals surface area contributed by atoms with Crippen molar-refractivity contribution < 1.29 is 9.32 Å². The third kappa shape index (κ3) is 4.22. The van der Waals surface area contributed by atoms with E-state index in [2.05, 4.69) is 15.5 Å². The number of nitrogens with zero attached hydrogens (tertiary/aromatic N) is 4. The van der Waals surface area contributed by atoms with Crippen LogP contribution < -0.4 is 21.4 Å². The van der Waals surface area contributed by atoms with Crippen LogP contribution in [0.5, 0.6) is 0 Å². The number of benzene rings is 1. The molecular weight excluding hydrogens is 491 g/mol. The number of anilines is 2. The highest BCUT2D eigenvalue weighted by Gasteiger charge is 2.29. The van der Waals surface area contributed by atoms with E-state index in [0.29, 0.717) is 51.9 Å². The molecule has 0 saturated carbocycles. The maximum atomic E-state index is 13.0. The number of halogens is 2. The molecule has 4 aromatic rings. The number of aromatic nitrogens is 3. The van der Waals surface area contributed by atoms with Gasteiger partial charge in [-0.2, -0.15) is 0 Å². The maximum Gasteiger partial charge on any atom is 0.253 e. The molecule has 5 N–H and O–H groups in total. The van der Waals surface area contributed by atoms with Crippen molar-refractivity contribution in [3.63, 3.8) is 0 Å². The number of hydrogen-bond acceptors (Lipinski definition) is 8. The summed E-state index contributed by atoms with van der Waals surface area (Å²) in [6.07, 6.45) is 4.95. The van der Waals surface area contributed by atoms with Crippen LogP contribution in [0.25, 0.3) is 22.1 Å². The van der Waals surface area contributed by atoms with Gasteiger partial charge in [0.25, 0.3) is 5.91 Å². The Bertz CT molecular complexity index is 1530. The van der Waals surface area contributed by atoms with E-state index in [1.165, 1.54) is 10.8 Å². The summed E-state index contributed by atoms with van der Waals surface area (Å²) in [6.45, 7) is 1.18. The van der Waals surface area contributed by atoms with Gasteiger partial charge in [-0.25, -0.2) is 4.98 Å². The Morgan fingerprint density at radius 2 is 2.03 bits per heavy atom. The van der Waals surface area contributed by atoms with Gasteiger partial charge in [-0.05, 0) is 41.8 Å². The van der Waals surface area contributed by atoms with E-state index in [1.807, 2.05) is 4.90 Å². The molecule has 1 amide bonds. The lowest BCUT2D eigenvalue weighted by molar-refractivity contribution is 0.0940. The van der Waals surface area contributed by atoms with Crippen molar-refractivity contribution in [1.82, 2.24) is 20.0 Å². The van der Waals surface area contributed by atoms with Crippen molar-refractivity contribution in [1.29, 1.82) is 10.8 Å². The third-order valence-electron chi connectivity index (χ3n) is 5.95. The SMILES string of the molecule is N=Cn1cc(-c2ccc(C(=O)NC3CCN(c4ncc(Cl)c5c(N)noc45)C3)c(Cl)c2)ccc1=N. The van der Waals surface area contributed by atoms with Crippen LogP contribution in [0.1, 0.15) is 16.8 Å². The Morgan fingerprint density at radius 1 is 1.23 bits per heavy atom. The summed E-state index contributed by atoms with van der Waals surface area (Å²) in [5.41, 5.74) is 8.39. The van der Waals surface area contributed by atoms with E-state index in [-0.39, 0.29) is 23.3 Å². The summed E-state index contributed by atoms with van der Waals surface area (Å²) in [7, 11) is 0. The monoisotopic (exact) mass is 510 g/mol. The lowest BCUT2D eigenvalue weighted by atomic mass is 10.0. The zero-order valence-corrected chi connectivity index (χ0v) is 19.8. The number of fused-ring (bicyclic) bond motifs is 1. The first kappa shape index (κ1) is 22.9. The first-order valence-electron chi connectivity index (χ1n) is 10.7. The number of amides is 1. The molecule has 35 heavy (non-hydrogen) atoms. The maximum absolute atomic E-state index is 13.0. The van der Waals surface area contributed by atoms with E-state index in [0.717, 1.165) is 17.5 Å². The van der Waals surface area contributed by atoms with Crippen molar-refractivity contribution in [3.8, 4) is 11.1 Å². The normalized spacial score (nSPS) is 15.5. The Balaban J connectivity index is 1.31. The van der Waals surface area contributed by atoms with Crippen molar-refractivity contribution in [2.45, 2.75) is 12.5 Å². The van der Waals surface area contributed by atoms with Gasteiger partial charge in [-0.1, -0.05) is 34.4 Å². The highest BCUT2D eigenvalue weighted by molar-refractivity contribution is 6.36. The summed E-state index contributed by atoms with van der Waals surface area (Å²) < 4.78 is 6.73. The smallest absolute Gasteiger partial charge is 0.253 e. The predicted molar refractivity (Wildman–Crippen MR) is 134 cm³/mol. The zero-order valence-electron chi connectivity index (χ0n) is 18.3. The molecule has 1 atom stereocenters. The van der Waals surface area contributed by atoms with Crippen molar-refractivity contribution in [2.24, 2.45) is 0 Å². The van der Waals surface area contributed by atoms with Crippen molar-refractivity contribution in [2.75, 3.05) is 23.7 Å². The Morgan fingerprint density at radius 3 is 2.80 bits per heavy atom. The number of pyridine rings is 2. The number of nitrogens with two attached hydrogens (primary N) is 1. The molecule has 0 spiro atoms. The first-order chi connectivity index (χ1) is 16.9. The van der Waals surface area contributed by atoms with Crippen LogP contribution in [0.3, 0.4) is 0 Å². The second-order valence-corrected chi connectivity index (χ2v) is 8.96. The van der Waals surface area contributed by atoms with Crippen LogP contribution in [-0.2, 0) is 0 Å². The molecule has 3 aromatic heterocycles. The number of carbonyl (C=O) groups is 1. The molecule has 1 unspecified atom stereocenters. The van der Waals surface area contributed by atoms with Crippen molar-refractivity contribution in [3.05, 3.63) is 63.8 Å². The quantitative estimate of drug-likeness (QED) is 0.238. The van der Waals surface area contributed by atoms with Gasteiger partial charge < -0.3 is 20.5 Å². The van der Waals surface area contributed by atoms with Gasteiger partial charge in [-0.15, -0.1) is 0 Å². The summed E-state index contributed by atoms with van der Waals surface area (Å²) in [4.78, 5) is 19.3. The summed E-state index contributed by atoms with van der Waals surface area (Å²) in [6, 6.07) is 8.40. The Hall–Kier alpha value is -3.89. The van der Waals surface area contributed by atoms with Gasteiger partial charge >= 0.3 is 0 Å². The molecule has 10 nitrogen and oxygen atoms in total. The second kappa shape index (κ2) is 9.05. The lowest BCUT2D eigenvalue weighted by Gasteiger charge is -2.18. The molecular formula is C23H20Cl2N8O2. The van der Waals surface area contributed by atoms with Crippen LogP contribution >= 0.6 is 23.2 Å². The molecule has 178 valence electrons. The van der Waals surface area contributed by atoms with E-state index in [1.54, 1.807) is 36.5 Å². The summed E-state index contributed by atoms with van der Waals surface area (Å²) in [5.74, 6) is 0.509. The molecule has 1 fully saturated rings. The Kier molecular flexibility index (Phi) is 5.91. The third-order valence-corrected chi connectivity index (χ3v) is 6.55. The van der Waals surface area contributed by atoms with Crippen LogP contribution in [0.4, 0.5) is 11.6 Å². The molecule has 0 aliphatic carbocycles. The lowest BCUT2D eigenvalue weighted by Crippen LogP contribution is -2.37. The number of nitrogens with one attached hydrogen (secondary N) is 3. The van der Waals surface area contributed by atoms with E-state index in [4.69, 9.17) is 44.3 Å². The highest BCUT2D eigenvalue weighted by Crippen LogP contribution is 2.35. The summed E-state index contributed by atoms with van der Waals surface area (Å²) in [5, 5.41) is 23.2. The van der Waals surface area contributed by atoms with Gasteiger partial charge in [0.05, 0.1) is 27.3 Å². The molecule has 1 aliphatic rings. The molecule has 12 heteroatoms. The van der Waals surface area contributed by atoms with Gasteiger partial charge in [0.15, 0.2) is 11.6 Å². The minimum atomic E-state index is -0.275. The molecule has 1 saturated heterocycles. The van der Waals surface area contributed by atoms with Crippen LogP contribution in [0.15, 0.2) is 47.2 Å². The minimum absolute atomic E-state index is 0.123. The van der Waals surface area contributed by atoms with Crippen LogP contribution in [0, 0.1) is 10.8 Å². The van der Waals surface area contributed by atoms with Gasteiger partial charge in [-0.3, -0.25) is 20.2 Å². The number of hydrogen-bond donors (Lipinski definition) is 4. The average Bonchev–Trinajstić information content (AvgIpc) is 3.47. The van der Waals surface area contributed by atoms with E-state index < -0.39 is 0 Å². The van der Waals surface area contributed by atoms with Gasteiger partial charge in [0.1, 0.15) is 5.49 Å². The van der Waals surface area contributed by atoms with E-state index >= 15 is 0 Å². The van der Waals surface area contributed by atoms with Crippen LogP contribution in [-0.4, -0.2) is 46.1 Å². The number of carbonyl (C=O) groups excluding carboxylic acids is 1. The fraction of sp³-hybridized carbons (Fsp3) is 0.174. The second-order valence-electron chi connectivity index (χ2n) is 8.14. The molecule has 1 aliphatic heterocycles. The minimum Gasteiger partial charge on any atom is -0.380 e. The van der Waals surface area contributed by atoms with Crippen molar-refractivity contribution >= 4 is 58.1 Å². The van der Waals surface area contributed by atoms with Gasteiger partial charge in [0, 0.05) is 31.5 Å². The highest BCUT2D eigenvalue weighted by atomic mass is 35.5. The molecule has 4 heterocycles. The zero-order chi connectivity index (χ0) is 24.7. The Labute approximate surface area is 209 Å². The number of rotatable bonds is 5. The largest absolute Gasteiger partial charge is 0.380 e. The molecule has 1 aromatic carbocycles.